The summed E-state index contributed by atoms with van der Waals surface area (Å²) < 4.78 is 25.7. The van der Waals surface area contributed by atoms with Gasteiger partial charge in [0.2, 0.25) is 0 Å². The number of nitro benzene ring substituents is 1. The molecule has 0 saturated heterocycles. The molecule has 9 heteroatoms. The highest BCUT2D eigenvalue weighted by Crippen LogP contribution is 2.38. The molecule has 0 N–H and O–H groups in total. The van der Waals surface area contributed by atoms with Crippen LogP contribution in [0.3, 0.4) is 0 Å². The third-order valence-electron chi connectivity index (χ3n) is 6.51. The van der Waals surface area contributed by atoms with Gasteiger partial charge in [0.05, 0.1) is 16.1 Å². The van der Waals surface area contributed by atoms with Crippen molar-refractivity contribution in [3.63, 3.8) is 0 Å². The molecule has 0 aliphatic rings. The molecule has 0 radical (unpaired) electrons. The summed E-state index contributed by atoms with van der Waals surface area (Å²) in [5, 5.41) is 12.5. The Bertz CT molecular complexity index is 1210. The maximum Gasteiger partial charge on any atom is 0.310 e. The Kier molecular flexibility index (Phi) is 7.81. The van der Waals surface area contributed by atoms with Crippen molar-refractivity contribution in [3.05, 3.63) is 58.6 Å². The van der Waals surface area contributed by atoms with Crippen molar-refractivity contribution in [2.45, 2.75) is 45.0 Å². The third kappa shape index (κ3) is 6.15. The zero-order chi connectivity index (χ0) is 26.0. The van der Waals surface area contributed by atoms with E-state index in [1.165, 1.54) is 6.07 Å². The monoisotopic (exact) mass is 499 g/mol. The van der Waals surface area contributed by atoms with Crippen LogP contribution < -0.4 is 9.64 Å². The van der Waals surface area contributed by atoms with E-state index in [1.807, 2.05) is 56.4 Å². The standard InChI is InChI=1S/C26H34FN3O4Si/c1-26(2,3)35(6,7)34-21(16-27)17-33-25-15-19(9-13-24(25)30(31)32)22-11-8-18-14-20(29(4)5)10-12-23(18)28-22/h8-15,21H,16-17H2,1-7H3. The Hall–Kier alpha value is -3.04. The van der Waals surface area contributed by atoms with Crippen LogP contribution in [0.25, 0.3) is 22.2 Å². The highest BCUT2D eigenvalue weighted by molar-refractivity contribution is 6.74. The van der Waals surface area contributed by atoms with Crippen LogP contribution in [0.15, 0.2) is 48.5 Å². The first kappa shape index (κ1) is 26.6. The summed E-state index contributed by atoms with van der Waals surface area (Å²) in [5.74, 6) is 0.0645. The van der Waals surface area contributed by atoms with Gasteiger partial charge in [-0.05, 0) is 54.5 Å². The number of pyridine rings is 1. The fraction of sp³-hybridized carbons (Fsp3) is 0.423. The van der Waals surface area contributed by atoms with Crippen molar-refractivity contribution in [2.75, 3.05) is 32.3 Å². The minimum absolute atomic E-state index is 0.0645. The second-order valence-corrected chi connectivity index (χ2v) is 15.1. The van der Waals surface area contributed by atoms with Crippen LogP contribution in [0.1, 0.15) is 20.8 Å². The van der Waals surface area contributed by atoms with E-state index in [-0.39, 0.29) is 23.1 Å². The van der Waals surface area contributed by atoms with Crippen LogP contribution >= 0.6 is 0 Å². The summed E-state index contributed by atoms with van der Waals surface area (Å²) in [7, 11) is 1.73. The van der Waals surface area contributed by atoms with E-state index < -0.39 is 26.0 Å². The first-order valence-electron chi connectivity index (χ1n) is 11.6. The number of anilines is 1. The van der Waals surface area contributed by atoms with Crippen molar-refractivity contribution in [1.82, 2.24) is 4.98 Å². The first-order chi connectivity index (χ1) is 16.3. The number of alkyl halides is 1. The number of fused-ring (bicyclic) bond motifs is 1. The predicted molar refractivity (Wildman–Crippen MR) is 142 cm³/mol. The molecule has 1 aromatic heterocycles. The predicted octanol–water partition coefficient (Wildman–Crippen LogP) is 6.61. The minimum atomic E-state index is -2.23. The minimum Gasteiger partial charge on any atom is -0.484 e. The van der Waals surface area contributed by atoms with E-state index in [1.54, 1.807) is 12.1 Å². The average Bonchev–Trinajstić information content (AvgIpc) is 2.79. The molecule has 0 aliphatic carbocycles. The van der Waals surface area contributed by atoms with Gasteiger partial charge in [0.25, 0.3) is 0 Å². The molecule has 0 amide bonds. The number of nitrogens with zero attached hydrogens (tertiary/aromatic N) is 3. The molecule has 0 spiro atoms. The van der Waals surface area contributed by atoms with Gasteiger partial charge in [-0.25, -0.2) is 9.37 Å². The molecule has 2 aromatic carbocycles. The number of rotatable bonds is 9. The van der Waals surface area contributed by atoms with E-state index >= 15 is 0 Å². The molecule has 7 nitrogen and oxygen atoms in total. The summed E-state index contributed by atoms with van der Waals surface area (Å²) in [5.41, 5.74) is 3.03. The Balaban J connectivity index is 1.88. The lowest BCUT2D eigenvalue weighted by atomic mass is 10.1. The van der Waals surface area contributed by atoms with Gasteiger partial charge in [-0.3, -0.25) is 10.1 Å². The van der Waals surface area contributed by atoms with Gasteiger partial charge in [-0.2, -0.15) is 0 Å². The van der Waals surface area contributed by atoms with Crippen LogP contribution in [0, 0.1) is 10.1 Å². The fourth-order valence-corrected chi connectivity index (χ4v) is 4.70. The number of hydrogen-bond donors (Lipinski definition) is 0. The van der Waals surface area contributed by atoms with Crippen molar-refractivity contribution < 1.29 is 18.5 Å². The largest absolute Gasteiger partial charge is 0.484 e. The quantitative estimate of drug-likeness (QED) is 0.187. The van der Waals surface area contributed by atoms with Gasteiger partial charge in [-0.1, -0.05) is 26.8 Å². The Labute approximate surface area is 207 Å². The lowest BCUT2D eigenvalue weighted by Gasteiger charge is -2.38. The van der Waals surface area contributed by atoms with Crippen LogP contribution in [-0.2, 0) is 4.43 Å². The lowest BCUT2D eigenvalue weighted by Crippen LogP contribution is -2.46. The van der Waals surface area contributed by atoms with Gasteiger partial charge >= 0.3 is 5.69 Å². The van der Waals surface area contributed by atoms with E-state index in [0.717, 1.165) is 16.6 Å². The van der Waals surface area contributed by atoms with E-state index in [9.17, 15) is 14.5 Å². The highest BCUT2D eigenvalue weighted by Gasteiger charge is 2.39. The van der Waals surface area contributed by atoms with Gasteiger partial charge < -0.3 is 14.1 Å². The second kappa shape index (κ2) is 10.3. The van der Waals surface area contributed by atoms with Gasteiger partial charge in [0, 0.05) is 36.8 Å². The Morgan fingerprint density at radius 2 is 1.83 bits per heavy atom. The van der Waals surface area contributed by atoms with E-state index in [4.69, 9.17) is 14.1 Å². The summed E-state index contributed by atoms with van der Waals surface area (Å²) in [6, 6.07) is 14.5. The van der Waals surface area contributed by atoms with Crippen molar-refractivity contribution >= 4 is 30.6 Å². The number of benzene rings is 2. The molecule has 3 aromatic rings. The second-order valence-electron chi connectivity index (χ2n) is 10.4. The van der Waals surface area contributed by atoms with Crippen LogP contribution in [-0.4, -0.2) is 51.7 Å². The maximum atomic E-state index is 13.8. The van der Waals surface area contributed by atoms with Crippen molar-refractivity contribution in [1.29, 1.82) is 0 Å². The molecule has 188 valence electrons. The molecular weight excluding hydrogens is 465 g/mol. The van der Waals surface area contributed by atoms with Crippen molar-refractivity contribution in [3.8, 4) is 17.0 Å². The Morgan fingerprint density at radius 3 is 2.43 bits per heavy atom. The molecule has 1 unspecified atom stereocenters. The number of aromatic nitrogens is 1. The van der Waals surface area contributed by atoms with Gasteiger partial charge in [-0.15, -0.1) is 0 Å². The summed E-state index contributed by atoms with van der Waals surface area (Å²) >= 11 is 0. The average molecular weight is 500 g/mol. The van der Waals surface area contributed by atoms with Gasteiger partial charge in [0.1, 0.15) is 19.4 Å². The van der Waals surface area contributed by atoms with Crippen molar-refractivity contribution in [2.24, 2.45) is 0 Å². The summed E-state index contributed by atoms with van der Waals surface area (Å²) in [4.78, 5) is 17.9. The molecule has 0 bridgehead atoms. The molecular formula is C26H34FN3O4Si. The molecule has 0 saturated carbocycles. The Morgan fingerprint density at radius 1 is 1.11 bits per heavy atom. The molecule has 35 heavy (non-hydrogen) atoms. The molecule has 0 fully saturated rings. The van der Waals surface area contributed by atoms with Crippen LogP contribution in [0.4, 0.5) is 15.8 Å². The number of hydrogen-bond acceptors (Lipinski definition) is 6. The number of halogens is 1. The molecule has 3 rings (SSSR count). The molecule has 0 aliphatic heterocycles. The lowest BCUT2D eigenvalue weighted by molar-refractivity contribution is -0.385. The van der Waals surface area contributed by atoms with E-state index in [0.29, 0.717) is 11.3 Å². The molecule has 1 heterocycles. The zero-order valence-electron chi connectivity index (χ0n) is 21.5. The zero-order valence-corrected chi connectivity index (χ0v) is 22.5. The smallest absolute Gasteiger partial charge is 0.310 e. The number of ether oxygens (including phenoxy) is 1. The van der Waals surface area contributed by atoms with E-state index in [2.05, 4.69) is 26.8 Å². The van der Waals surface area contributed by atoms with Gasteiger partial charge in [0.15, 0.2) is 14.1 Å². The SMILES string of the molecule is CN(C)c1ccc2nc(-c3ccc([N+](=O)[O-])c(OCC(CF)O[Si](C)(C)C(C)(C)C)c3)ccc2c1. The first-order valence-corrected chi connectivity index (χ1v) is 14.5. The summed E-state index contributed by atoms with van der Waals surface area (Å²) in [6.07, 6.45) is -0.802. The van der Waals surface area contributed by atoms with Crippen LogP contribution in [0.5, 0.6) is 5.75 Å². The molecule has 1 atom stereocenters. The normalized spacial score (nSPS) is 13.0. The highest BCUT2D eigenvalue weighted by atomic mass is 28.4. The fourth-order valence-electron chi connectivity index (χ4n) is 3.38. The number of nitro groups is 1. The third-order valence-corrected chi connectivity index (χ3v) is 11.0. The van der Waals surface area contributed by atoms with Crippen LogP contribution in [0.2, 0.25) is 18.1 Å². The maximum absolute atomic E-state index is 13.8. The summed E-state index contributed by atoms with van der Waals surface area (Å²) in [6.45, 7) is 9.43. The topological polar surface area (TPSA) is 77.7 Å².